The highest BCUT2D eigenvalue weighted by Gasteiger charge is 2.05. The number of halogens is 1. The minimum atomic E-state index is 0.403. The molecule has 0 fully saturated rings. The van der Waals surface area contributed by atoms with Crippen LogP contribution in [-0.2, 0) is 11.4 Å². The van der Waals surface area contributed by atoms with E-state index in [2.05, 4.69) is 15.1 Å². The quantitative estimate of drug-likeness (QED) is 0.637. The van der Waals surface area contributed by atoms with E-state index >= 15 is 0 Å². The standard InChI is InChI=1S/C15H16ClN3O/c1-10-15(8-17-12(3)18-10)11(2)19-20-9-13-4-6-14(16)7-5-13/h4-8H,9H2,1-3H3/b19-11-. The summed E-state index contributed by atoms with van der Waals surface area (Å²) in [4.78, 5) is 13.8. The van der Waals surface area contributed by atoms with Crippen LogP contribution in [0.5, 0.6) is 0 Å². The lowest BCUT2D eigenvalue weighted by Gasteiger charge is -2.05. The second kappa shape index (κ2) is 6.48. The van der Waals surface area contributed by atoms with Crippen LogP contribution >= 0.6 is 11.6 Å². The molecule has 0 aliphatic rings. The summed E-state index contributed by atoms with van der Waals surface area (Å²) in [7, 11) is 0. The third-order valence-corrected chi connectivity index (χ3v) is 3.09. The number of nitrogens with zero attached hydrogens (tertiary/aromatic N) is 3. The molecular formula is C15H16ClN3O. The summed E-state index contributed by atoms with van der Waals surface area (Å²) in [6.07, 6.45) is 1.77. The van der Waals surface area contributed by atoms with E-state index in [0.717, 1.165) is 28.4 Å². The molecule has 2 aromatic rings. The minimum absolute atomic E-state index is 0.403. The first-order chi connectivity index (χ1) is 9.56. The molecule has 104 valence electrons. The molecule has 0 unspecified atom stereocenters. The summed E-state index contributed by atoms with van der Waals surface area (Å²) in [6, 6.07) is 7.48. The molecule has 1 heterocycles. The first kappa shape index (κ1) is 14.5. The van der Waals surface area contributed by atoms with Crippen LogP contribution in [0.4, 0.5) is 0 Å². The van der Waals surface area contributed by atoms with Crippen LogP contribution in [-0.4, -0.2) is 15.7 Å². The molecule has 0 N–H and O–H groups in total. The Hall–Kier alpha value is -1.94. The summed E-state index contributed by atoms with van der Waals surface area (Å²) >= 11 is 5.82. The van der Waals surface area contributed by atoms with Crippen molar-refractivity contribution in [3.8, 4) is 0 Å². The van der Waals surface area contributed by atoms with Gasteiger partial charge in [-0.1, -0.05) is 28.9 Å². The maximum atomic E-state index is 5.82. The summed E-state index contributed by atoms with van der Waals surface area (Å²) < 4.78 is 0. The highest BCUT2D eigenvalue weighted by Crippen LogP contribution is 2.11. The Morgan fingerprint density at radius 1 is 1.25 bits per heavy atom. The zero-order valence-corrected chi connectivity index (χ0v) is 12.5. The predicted molar refractivity (Wildman–Crippen MR) is 80.0 cm³/mol. The number of hydrogen-bond donors (Lipinski definition) is 0. The van der Waals surface area contributed by atoms with Gasteiger partial charge >= 0.3 is 0 Å². The van der Waals surface area contributed by atoms with E-state index in [1.165, 1.54) is 0 Å². The van der Waals surface area contributed by atoms with Crippen LogP contribution in [0, 0.1) is 13.8 Å². The fraction of sp³-hybridized carbons (Fsp3) is 0.267. The highest BCUT2D eigenvalue weighted by atomic mass is 35.5. The van der Waals surface area contributed by atoms with E-state index in [-0.39, 0.29) is 0 Å². The molecule has 1 aromatic carbocycles. The van der Waals surface area contributed by atoms with E-state index in [1.54, 1.807) is 6.20 Å². The monoisotopic (exact) mass is 289 g/mol. The lowest BCUT2D eigenvalue weighted by atomic mass is 10.2. The molecule has 0 aliphatic heterocycles. The van der Waals surface area contributed by atoms with Crippen molar-refractivity contribution in [2.45, 2.75) is 27.4 Å². The number of aryl methyl sites for hydroxylation is 2. The van der Waals surface area contributed by atoms with Crippen LogP contribution < -0.4 is 0 Å². The molecule has 20 heavy (non-hydrogen) atoms. The van der Waals surface area contributed by atoms with Crippen molar-refractivity contribution in [3.05, 3.63) is 58.1 Å². The fourth-order valence-corrected chi connectivity index (χ4v) is 1.90. The first-order valence-electron chi connectivity index (χ1n) is 6.28. The van der Waals surface area contributed by atoms with Gasteiger partial charge in [-0.05, 0) is 38.5 Å². The van der Waals surface area contributed by atoms with E-state index < -0.39 is 0 Å². The lowest BCUT2D eigenvalue weighted by molar-refractivity contribution is 0.130. The van der Waals surface area contributed by atoms with Gasteiger partial charge in [0.15, 0.2) is 0 Å². The van der Waals surface area contributed by atoms with Crippen LogP contribution in [0.1, 0.15) is 29.6 Å². The van der Waals surface area contributed by atoms with E-state index in [1.807, 2.05) is 45.0 Å². The molecule has 0 saturated heterocycles. The van der Waals surface area contributed by atoms with Gasteiger partial charge < -0.3 is 4.84 Å². The van der Waals surface area contributed by atoms with Gasteiger partial charge in [-0.3, -0.25) is 0 Å². The maximum absolute atomic E-state index is 5.82. The molecule has 0 aliphatic carbocycles. The molecule has 0 spiro atoms. The SMILES string of the molecule is C/C(=N/OCc1ccc(Cl)cc1)c1cnc(C)nc1C. The zero-order chi connectivity index (χ0) is 14.5. The average Bonchev–Trinajstić information content (AvgIpc) is 2.41. The molecule has 4 nitrogen and oxygen atoms in total. The molecule has 1 aromatic heterocycles. The zero-order valence-electron chi connectivity index (χ0n) is 11.7. The second-order valence-electron chi connectivity index (χ2n) is 4.49. The van der Waals surface area contributed by atoms with Gasteiger partial charge in [0.1, 0.15) is 12.4 Å². The van der Waals surface area contributed by atoms with Crippen molar-refractivity contribution < 1.29 is 4.84 Å². The van der Waals surface area contributed by atoms with Crippen molar-refractivity contribution in [3.63, 3.8) is 0 Å². The molecule has 5 heteroatoms. The van der Waals surface area contributed by atoms with E-state index in [9.17, 15) is 0 Å². The van der Waals surface area contributed by atoms with Crippen molar-refractivity contribution in [2.24, 2.45) is 5.16 Å². The van der Waals surface area contributed by atoms with Crippen molar-refractivity contribution in [1.29, 1.82) is 0 Å². The molecule has 0 amide bonds. The van der Waals surface area contributed by atoms with Crippen LogP contribution in [0.15, 0.2) is 35.6 Å². The fourth-order valence-electron chi connectivity index (χ4n) is 1.77. The topological polar surface area (TPSA) is 47.4 Å². The molecule has 0 bridgehead atoms. The van der Waals surface area contributed by atoms with Gasteiger partial charge in [-0.2, -0.15) is 0 Å². The van der Waals surface area contributed by atoms with Crippen LogP contribution in [0.3, 0.4) is 0 Å². The number of rotatable bonds is 4. The van der Waals surface area contributed by atoms with Crippen molar-refractivity contribution >= 4 is 17.3 Å². The average molecular weight is 290 g/mol. The largest absolute Gasteiger partial charge is 0.391 e. The summed E-state index contributed by atoms with van der Waals surface area (Å²) in [5.74, 6) is 0.751. The summed E-state index contributed by atoms with van der Waals surface area (Å²) in [5, 5.41) is 4.82. The number of oxime groups is 1. The third-order valence-electron chi connectivity index (χ3n) is 2.84. The van der Waals surface area contributed by atoms with Crippen molar-refractivity contribution in [1.82, 2.24) is 9.97 Å². The van der Waals surface area contributed by atoms with Gasteiger partial charge in [-0.25, -0.2) is 9.97 Å². The minimum Gasteiger partial charge on any atom is -0.391 e. The predicted octanol–water partition coefficient (Wildman–Crippen LogP) is 3.69. The van der Waals surface area contributed by atoms with Gasteiger partial charge in [0.25, 0.3) is 0 Å². The van der Waals surface area contributed by atoms with Gasteiger partial charge in [0.2, 0.25) is 0 Å². The van der Waals surface area contributed by atoms with Gasteiger partial charge in [0.05, 0.1) is 11.4 Å². The third kappa shape index (κ3) is 3.78. The number of hydrogen-bond acceptors (Lipinski definition) is 4. The van der Waals surface area contributed by atoms with Gasteiger partial charge in [0, 0.05) is 16.8 Å². The first-order valence-corrected chi connectivity index (χ1v) is 6.65. The Labute approximate surface area is 123 Å². The van der Waals surface area contributed by atoms with Crippen LogP contribution in [0.25, 0.3) is 0 Å². The molecule has 2 rings (SSSR count). The maximum Gasteiger partial charge on any atom is 0.142 e. The van der Waals surface area contributed by atoms with Crippen LogP contribution in [0.2, 0.25) is 5.02 Å². The Morgan fingerprint density at radius 3 is 2.60 bits per heavy atom. The van der Waals surface area contributed by atoms with Crippen molar-refractivity contribution in [2.75, 3.05) is 0 Å². The smallest absolute Gasteiger partial charge is 0.142 e. The Balaban J connectivity index is 2.02. The number of aromatic nitrogens is 2. The lowest BCUT2D eigenvalue weighted by Crippen LogP contribution is -2.04. The van der Waals surface area contributed by atoms with E-state index in [0.29, 0.717) is 11.6 Å². The Kier molecular flexibility index (Phi) is 4.69. The molecular weight excluding hydrogens is 274 g/mol. The highest BCUT2D eigenvalue weighted by molar-refractivity contribution is 6.30. The molecule has 0 radical (unpaired) electrons. The normalized spacial score (nSPS) is 11.5. The Bertz CT molecular complexity index is 624. The summed E-state index contributed by atoms with van der Waals surface area (Å²) in [6.45, 7) is 6.08. The van der Waals surface area contributed by atoms with E-state index in [4.69, 9.17) is 16.4 Å². The Morgan fingerprint density at radius 2 is 1.95 bits per heavy atom. The van der Waals surface area contributed by atoms with Gasteiger partial charge in [-0.15, -0.1) is 0 Å². The number of benzene rings is 1. The second-order valence-corrected chi connectivity index (χ2v) is 4.93. The molecule has 0 atom stereocenters. The summed E-state index contributed by atoms with van der Waals surface area (Å²) in [5.41, 5.74) is 3.57. The molecule has 0 saturated carbocycles.